The number of carbonyl (C=O) groups is 2. The van der Waals surface area contributed by atoms with Gasteiger partial charge < -0.3 is 15.7 Å². The number of aliphatic hydroxyl groups excluding tert-OH is 1. The minimum atomic E-state index is -0.616. The average Bonchev–Trinajstić information content (AvgIpc) is 2.71. The number of aliphatic hydroxyl groups is 1. The summed E-state index contributed by atoms with van der Waals surface area (Å²) in [5.41, 5.74) is 1.51. The monoisotopic (exact) mass is 411 g/mol. The zero-order chi connectivity index (χ0) is 22.3. The Kier molecular flexibility index (Phi) is 7.43. The van der Waals surface area contributed by atoms with Crippen molar-refractivity contribution in [3.63, 3.8) is 0 Å². The zero-order valence-corrected chi connectivity index (χ0v) is 17.1. The summed E-state index contributed by atoms with van der Waals surface area (Å²) in [6.45, 7) is 5.92. The zero-order valence-electron chi connectivity index (χ0n) is 17.1. The third-order valence-corrected chi connectivity index (χ3v) is 4.30. The highest BCUT2D eigenvalue weighted by Gasteiger charge is 2.17. The van der Waals surface area contributed by atoms with Crippen LogP contribution in [0.2, 0.25) is 0 Å². The number of nitro groups is 1. The molecule has 0 saturated heterocycles. The van der Waals surface area contributed by atoms with E-state index in [4.69, 9.17) is 5.11 Å². The number of hydrogen-bond donors (Lipinski definition) is 3. The molecule has 0 unspecified atom stereocenters. The van der Waals surface area contributed by atoms with E-state index in [1.807, 2.05) is 12.1 Å². The van der Waals surface area contributed by atoms with Gasteiger partial charge in [-0.2, -0.15) is 0 Å². The molecule has 2 aromatic carbocycles. The van der Waals surface area contributed by atoms with Gasteiger partial charge in [0, 0.05) is 24.2 Å². The lowest BCUT2D eigenvalue weighted by molar-refractivity contribution is -0.384. The predicted molar refractivity (Wildman–Crippen MR) is 114 cm³/mol. The minimum Gasteiger partial charge on any atom is -0.395 e. The van der Waals surface area contributed by atoms with Crippen molar-refractivity contribution in [2.45, 2.75) is 26.2 Å². The van der Waals surface area contributed by atoms with Gasteiger partial charge in [-0.15, -0.1) is 0 Å². The molecular weight excluding hydrogens is 386 g/mol. The van der Waals surface area contributed by atoms with Crippen LogP contribution in [0.5, 0.6) is 0 Å². The van der Waals surface area contributed by atoms with E-state index in [9.17, 15) is 19.7 Å². The SMILES string of the molecule is CC(C)(C)c1ccc(C(=O)NC(=Cc2cccc([N+](=O)[O-])c2)C(=O)NCCO)cc1. The van der Waals surface area contributed by atoms with Gasteiger partial charge in [0.1, 0.15) is 5.70 Å². The van der Waals surface area contributed by atoms with Crippen LogP contribution in [0, 0.1) is 10.1 Å². The number of nitrogens with one attached hydrogen (secondary N) is 2. The summed E-state index contributed by atoms with van der Waals surface area (Å²) in [4.78, 5) is 35.5. The van der Waals surface area contributed by atoms with Gasteiger partial charge in [0.25, 0.3) is 17.5 Å². The Balaban J connectivity index is 2.31. The number of benzene rings is 2. The molecule has 3 N–H and O–H groups in total. The molecule has 2 amide bonds. The summed E-state index contributed by atoms with van der Waals surface area (Å²) in [7, 11) is 0. The van der Waals surface area contributed by atoms with E-state index in [0.29, 0.717) is 11.1 Å². The molecule has 2 aromatic rings. The molecule has 0 saturated carbocycles. The normalized spacial score (nSPS) is 11.7. The first-order chi connectivity index (χ1) is 14.1. The highest BCUT2D eigenvalue weighted by atomic mass is 16.6. The van der Waals surface area contributed by atoms with Crippen LogP contribution in [0.4, 0.5) is 5.69 Å². The van der Waals surface area contributed by atoms with Crippen molar-refractivity contribution in [1.29, 1.82) is 0 Å². The summed E-state index contributed by atoms with van der Waals surface area (Å²) in [5, 5.41) is 24.9. The molecule has 0 spiro atoms. The van der Waals surface area contributed by atoms with Gasteiger partial charge in [-0.05, 0) is 34.8 Å². The molecule has 0 aliphatic heterocycles. The van der Waals surface area contributed by atoms with Gasteiger partial charge in [0.05, 0.1) is 11.5 Å². The fourth-order valence-electron chi connectivity index (χ4n) is 2.63. The van der Waals surface area contributed by atoms with Crippen LogP contribution < -0.4 is 10.6 Å². The summed E-state index contributed by atoms with van der Waals surface area (Å²) in [5.74, 6) is -1.11. The van der Waals surface area contributed by atoms with Gasteiger partial charge in [-0.1, -0.05) is 45.0 Å². The molecule has 0 radical (unpaired) electrons. The molecule has 0 aliphatic rings. The lowest BCUT2D eigenvalue weighted by atomic mass is 9.87. The molecule has 30 heavy (non-hydrogen) atoms. The summed E-state index contributed by atoms with van der Waals surface area (Å²) in [6.07, 6.45) is 1.35. The maximum atomic E-state index is 12.7. The fourth-order valence-corrected chi connectivity index (χ4v) is 2.63. The van der Waals surface area contributed by atoms with Crippen LogP contribution in [0.15, 0.2) is 54.2 Å². The largest absolute Gasteiger partial charge is 0.395 e. The Morgan fingerprint density at radius 3 is 2.37 bits per heavy atom. The Morgan fingerprint density at radius 2 is 1.80 bits per heavy atom. The summed E-state index contributed by atoms with van der Waals surface area (Å²) in [6, 6.07) is 12.7. The summed E-state index contributed by atoms with van der Waals surface area (Å²) < 4.78 is 0. The third-order valence-electron chi connectivity index (χ3n) is 4.30. The second-order valence-electron chi connectivity index (χ2n) is 7.67. The second kappa shape index (κ2) is 9.80. The maximum Gasteiger partial charge on any atom is 0.270 e. The van der Waals surface area contributed by atoms with Gasteiger partial charge >= 0.3 is 0 Å². The van der Waals surface area contributed by atoms with Crippen LogP contribution in [0.25, 0.3) is 6.08 Å². The van der Waals surface area contributed by atoms with E-state index < -0.39 is 16.7 Å². The van der Waals surface area contributed by atoms with Crippen molar-refractivity contribution >= 4 is 23.6 Å². The quantitative estimate of drug-likeness (QED) is 0.367. The Hall–Kier alpha value is -3.52. The number of amides is 2. The topological polar surface area (TPSA) is 122 Å². The fraction of sp³-hybridized carbons (Fsp3) is 0.273. The lowest BCUT2D eigenvalue weighted by Crippen LogP contribution is -2.36. The number of rotatable bonds is 7. The van der Waals surface area contributed by atoms with E-state index in [0.717, 1.165) is 5.56 Å². The van der Waals surface area contributed by atoms with Crippen LogP contribution in [0.3, 0.4) is 0 Å². The van der Waals surface area contributed by atoms with Crippen molar-refractivity contribution in [3.8, 4) is 0 Å². The number of non-ortho nitro benzene ring substituents is 1. The minimum absolute atomic E-state index is 0.00125. The van der Waals surface area contributed by atoms with Crippen LogP contribution in [-0.2, 0) is 10.2 Å². The second-order valence-corrected chi connectivity index (χ2v) is 7.67. The first kappa shape index (κ1) is 22.8. The molecule has 2 rings (SSSR count). The number of carbonyl (C=O) groups excluding carboxylic acids is 2. The van der Waals surface area contributed by atoms with Gasteiger partial charge in [0.15, 0.2) is 0 Å². The van der Waals surface area contributed by atoms with Crippen molar-refractivity contribution < 1.29 is 19.6 Å². The van der Waals surface area contributed by atoms with Gasteiger partial charge in [-0.3, -0.25) is 19.7 Å². The Bertz CT molecular complexity index is 959. The smallest absolute Gasteiger partial charge is 0.270 e. The Labute approximate surface area is 174 Å². The van der Waals surface area contributed by atoms with E-state index in [-0.39, 0.29) is 30.0 Å². The highest BCUT2D eigenvalue weighted by molar-refractivity contribution is 6.05. The van der Waals surface area contributed by atoms with Crippen molar-refractivity contribution in [3.05, 3.63) is 81.0 Å². The number of nitrogens with zero attached hydrogens (tertiary/aromatic N) is 1. The van der Waals surface area contributed by atoms with Gasteiger partial charge in [-0.25, -0.2) is 0 Å². The van der Waals surface area contributed by atoms with E-state index in [1.54, 1.807) is 18.2 Å². The molecule has 0 aliphatic carbocycles. The first-order valence-corrected chi connectivity index (χ1v) is 9.39. The molecule has 0 heterocycles. The number of hydrogen-bond acceptors (Lipinski definition) is 5. The standard InChI is InChI=1S/C22H25N3O5/c1-22(2,3)17-9-7-16(8-10-17)20(27)24-19(21(28)23-11-12-26)14-15-5-4-6-18(13-15)25(29)30/h4-10,13-14,26H,11-12H2,1-3H3,(H,23,28)(H,24,27). The molecule has 0 aromatic heterocycles. The van der Waals surface area contributed by atoms with Crippen molar-refractivity contribution in [2.24, 2.45) is 0 Å². The van der Waals surface area contributed by atoms with Gasteiger partial charge in [0.2, 0.25) is 0 Å². The maximum absolute atomic E-state index is 12.7. The third kappa shape index (κ3) is 6.25. The molecule has 0 bridgehead atoms. The average molecular weight is 411 g/mol. The van der Waals surface area contributed by atoms with E-state index >= 15 is 0 Å². The van der Waals surface area contributed by atoms with E-state index in [2.05, 4.69) is 31.4 Å². The van der Waals surface area contributed by atoms with Crippen LogP contribution >= 0.6 is 0 Å². The lowest BCUT2D eigenvalue weighted by Gasteiger charge is -2.19. The van der Waals surface area contributed by atoms with Crippen LogP contribution in [0.1, 0.15) is 42.3 Å². The van der Waals surface area contributed by atoms with Crippen molar-refractivity contribution in [1.82, 2.24) is 10.6 Å². The first-order valence-electron chi connectivity index (χ1n) is 9.39. The van der Waals surface area contributed by atoms with Crippen LogP contribution in [-0.4, -0.2) is 35.0 Å². The molecule has 0 atom stereocenters. The highest BCUT2D eigenvalue weighted by Crippen LogP contribution is 2.22. The molecule has 158 valence electrons. The Morgan fingerprint density at radius 1 is 1.13 bits per heavy atom. The molecule has 8 nitrogen and oxygen atoms in total. The van der Waals surface area contributed by atoms with Crippen molar-refractivity contribution in [2.75, 3.05) is 13.2 Å². The molecular formula is C22H25N3O5. The predicted octanol–water partition coefficient (Wildman–Crippen LogP) is 2.77. The van der Waals surface area contributed by atoms with E-state index in [1.165, 1.54) is 24.3 Å². The molecule has 8 heteroatoms. The summed E-state index contributed by atoms with van der Waals surface area (Å²) >= 11 is 0. The number of nitro benzene ring substituents is 1. The molecule has 0 fully saturated rings.